The third-order valence-electron chi connectivity index (χ3n) is 3.86. The minimum absolute atomic E-state index is 0.0275. The van der Waals surface area contributed by atoms with Crippen LogP contribution >= 0.6 is 11.3 Å². The summed E-state index contributed by atoms with van der Waals surface area (Å²) in [7, 11) is 0. The summed E-state index contributed by atoms with van der Waals surface area (Å²) in [5.41, 5.74) is 0. The maximum absolute atomic E-state index is 12.8. The van der Waals surface area contributed by atoms with Crippen molar-refractivity contribution < 1.29 is 13.2 Å². The van der Waals surface area contributed by atoms with Gasteiger partial charge in [0, 0.05) is 24.5 Å². The molecule has 0 amide bonds. The molecule has 4 nitrogen and oxygen atoms in total. The lowest BCUT2D eigenvalue weighted by atomic mass is 10.2. The van der Waals surface area contributed by atoms with Gasteiger partial charge in [-0.2, -0.15) is 13.2 Å². The third-order valence-corrected chi connectivity index (χ3v) is 5.05. The highest BCUT2D eigenvalue weighted by atomic mass is 32.1. The smallest absolute Gasteiger partial charge is 0.355 e. The normalized spacial score (nSPS) is 20.4. The van der Waals surface area contributed by atoms with E-state index >= 15 is 0 Å². The molecular formula is C14H17F3N4S. The SMILES string of the molecule is CCc1cc2c(N3CCN[C@H](C(F)(F)F)CC3)ncnc2s1. The number of nitrogens with zero attached hydrogens (tertiary/aromatic N) is 3. The Labute approximate surface area is 130 Å². The molecule has 1 N–H and O–H groups in total. The van der Waals surface area contributed by atoms with Gasteiger partial charge in [-0.15, -0.1) is 11.3 Å². The molecule has 22 heavy (non-hydrogen) atoms. The fraction of sp³-hybridized carbons (Fsp3) is 0.571. The molecular weight excluding hydrogens is 313 g/mol. The molecule has 0 bridgehead atoms. The lowest BCUT2D eigenvalue weighted by Gasteiger charge is -2.22. The first-order valence-electron chi connectivity index (χ1n) is 7.27. The average Bonchev–Trinajstić information content (AvgIpc) is 2.73. The van der Waals surface area contributed by atoms with Gasteiger partial charge in [-0.1, -0.05) is 6.92 Å². The van der Waals surface area contributed by atoms with Gasteiger partial charge >= 0.3 is 6.18 Å². The Bertz CT molecular complexity index is 655. The van der Waals surface area contributed by atoms with Gasteiger partial charge in [-0.05, 0) is 18.9 Å². The number of aromatic nitrogens is 2. The molecule has 120 valence electrons. The van der Waals surface area contributed by atoms with Crippen LogP contribution < -0.4 is 10.2 Å². The van der Waals surface area contributed by atoms with Crippen LogP contribution in [0.15, 0.2) is 12.4 Å². The third kappa shape index (κ3) is 3.03. The number of hydrogen-bond acceptors (Lipinski definition) is 5. The van der Waals surface area contributed by atoms with E-state index in [0.29, 0.717) is 19.6 Å². The summed E-state index contributed by atoms with van der Waals surface area (Å²) in [6.45, 7) is 3.21. The Morgan fingerprint density at radius 2 is 2.18 bits per heavy atom. The van der Waals surface area contributed by atoms with Gasteiger partial charge in [0.25, 0.3) is 0 Å². The van der Waals surface area contributed by atoms with Crippen molar-refractivity contribution in [1.82, 2.24) is 15.3 Å². The zero-order valence-corrected chi connectivity index (χ0v) is 13.0. The topological polar surface area (TPSA) is 41.0 Å². The molecule has 1 saturated heterocycles. The molecule has 0 unspecified atom stereocenters. The van der Waals surface area contributed by atoms with Crippen LogP contribution in [-0.4, -0.2) is 41.8 Å². The van der Waals surface area contributed by atoms with Gasteiger partial charge < -0.3 is 10.2 Å². The Kier molecular flexibility index (Phi) is 4.22. The van der Waals surface area contributed by atoms with Gasteiger partial charge in [0.05, 0.1) is 5.39 Å². The minimum atomic E-state index is -4.20. The molecule has 2 aromatic heterocycles. The lowest BCUT2D eigenvalue weighted by Crippen LogP contribution is -2.42. The standard InChI is InChI=1S/C14H17F3N4S/c1-2-9-7-10-12(19-8-20-13(10)22-9)21-5-3-11(14(15,16)17)18-4-6-21/h7-8,11,18H,2-6H2,1H3/t11-/m0/s1. The second-order valence-corrected chi connectivity index (χ2v) is 6.42. The molecule has 3 rings (SSSR count). The molecule has 1 atom stereocenters. The van der Waals surface area contributed by atoms with Crippen molar-refractivity contribution in [1.29, 1.82) is 0 Å². The highest BCUT2D eigenvalue weighted by Gasteiger charge is 2.40. The van der Waals surface area contributed by atoms with Crippen molar-refractivity contribution in [3.63, 3.8) is 0 Å². The summed E-state index contributed by atoms with van der Waals surface area (Å²) in [5, 5.41) is 3.52. The van der Waals surface area contributed by atoms with Gasteiger partial charge in [0.1, 0.15) is 23.0 Å². The molecule has 1 fully saturated rings. The number of anilines is 1. The van der Waals surface area contributed by atoms with E-state index < -0.39 is 12.2 Å². The average molecular weight is 330 g/mol. The number of alkyl halides is 3. The summed E-state index contributed by atoms with van der Waals surface area (Å²) >= 11 is 1.61. The molecule has 2 aromatic rings. The number of thiophene rings is 1. The molecule has 1 aliphatic heterocycles. The summed E-state index contributed by atoms with van der Waals surface area (Å²) in [6.07, 6.45) is -1.76. The fourth-order valence-corrected chi connectivity index (χ4v) is 3.61. The first-order chi connectivity index (χ1) is 10.5. The number of nitrogens with one attached hydrogen (secondary N) is 1. The quantitative estimate of drug-likeness (QED) is 0.919. The molecule has 8 heteroatoms. The maximum atomic E-state index is 12.8. The van der Waals surface area contributed by atoms with Crippen molar-refractivity contribution in [3.8, 4) is 0 Å². The fourth-order valence-electron chi connectivity index (χ4n) is 2.68. The van der Waals surface area contributed by atoms with Crippen LogP contribution in [0.4, 0.5) is 19.0 Å². The van der Waals surface area contributed by atoms with Gasteiger partial charge in [-0.3, -0.25) is 0 Å². The number of hydrogen-bond donors (Lipinski definition) is 1. The van der Waals surface area contributed by atoms with Crippen molar-refractivity contribution in [2.45, 2.75) is 32.0 Å². The van der Waals surface area contributed by atoms with Crippen molar-refractivity contribution in [2.24, 2.45) is 0 Å². The monoisotopic (exact) mass is 330 g/mol. The molecule has 0 spiro atoms. The maximum Gasteiger partial charge on any atom is 0.403 e. The first-order valence-corrected chi connectivity index (χ1v) is 8.09. The van der Waals surface area contributed by atoms with E-state index in [4.69, 9.17) is 0 Å². The second-order valence-electron chi connectivity index (χ2n) is 5.31. The lowest BCUT2D eigenvalue weighted by molar-refractivity contribution is -0.155. The number of halogens is 3. The van der Waals surface area contributed by atoms with E-state index in [1.165, 1.54) is 11.2 Å². The molecule has 3 heterocycles. The van der Waals surface area contributed by atoms with E-state index in [2.05, 4.69) is 28.3 Å². The molecule has 0 radical (unpaired) electrons. The van der Waals surface area contributed by atoms with Crippen LogP contribution in [0.25, 0.3) is 10.2 Å². The summed E-state index contributed by atoms with van der Waals surface area (Å²) in [6, 6.07) is 0.609. The first kappa shape index (κ1) is 15.5. The van der Waals surface area contributed by atoms with Crippen LogP contribution in [0.3, 0.4) is 0 Å². The van der Waals surface area contributed by atoms with E-state index in [1.807, 2.05) is 4.90 Å². The zero-order chi connectivity index (χ0) is 15.7. The predicted octanol–water partition coefficient (Wildman–Crippen LogP) is 2.98. The molecule has 0 saturated carbocycles. The zero-order valence-electron chi connectivity index (χ0n) is 12.2. The summed E-state index contributed by atoms with van der Waals surface area (Å²) < 4.78 is 38.5. The largest absolute Gasteiger partial charge is 0.403 e. The van der Waals surface area contributed by atoms with Crippen molar-refractivity contribution in [2.75, 3.05) is 24.5 Å². The van der Waals surface area contributed by atoms with Crippen LogP contribution in [0.1, 0.15) is 18.2 Å². The summed E-state index contributed by atoms with van der Waals surface area (Å²) in [4.78, 5) is 12.6. The number of rotatable bonds is 2. The number of fused-ring (bicyclic) bond motifs is 1. The van der Waals surface area contributed by atoms with Crippen LogP contribution in [0.2, 0.25) is 0 Å². The van der Waals surface area contributed by atoms with Crippen LogP contribution in [-0.2, 0) is 6.42 Å². The molecule has 0 aromatic carbocycles. The Balaban J connectivity index is 1.86. The Hall–Kier alpha value is -1.41. The van der Waals surface area contributed by atoms with Crippen molar-refractivity contribution in [3.05, 3.63) is 17.3 Å². The second kappa shape index (κ2) is 6.00. The van der Waals surface area contributed by atoms with Crippen molar-refractivity contribution >= 4 is 27.4 Å². The van der Waals surface area contributed by atoms with Crippen LogP contribution in [0, 0.1) is 0 Å². The Morgan fingerprint density at radius 3 is 2.91 bits per heavy atom. The van der Waals surface area contributed by atoms with E-state index in [9.17, 15) is 13.2 Å². The van der Waals surface area contributed by atoms with Gasteiger partial charge in [0.2, 0.25) is 0 Å². The van der Waals surface area contributed by atoms with Gasteiger partial charge in [0.15, 0.2) is 0 Å². The summed E-state index contributed by atoms with van der Waals surface area (Å²) in [5.74, 6) is 0.741. The predicted molar refractivity (Wildman–Crippen MR) is 81.5 cm³/mol. The number of aryl methyl sites for hydroxylation is 1. The van der Waals surface area contributed by atoms with E-state index in [0.717, 1.165) is 22.5 Å². The minimum Gasteiger partial charge on any atom is -0.355 e. The van der Waals surface area contributed by atoms with E-state index in [1.54, 1.807) is 11.3 Å². The molecule has 0 aliphatic carbocycles. The molecule has 1 aliphatic rings. The van der Waals surface area contributed by atoms with E-state index in [-0.39, 0.29) is 6.42 Å². The highest BCUT2D eigenvalue weighted by molar-refractivity contribution is 7.18. The van der Waals surface area contributed by atoms with Crippen LogP contribution in [0.5, 0.6) is 0 Å². The van der Waals surface area contributed by atoms with Gasteiger partial charge in [-0.25, -0.2) is 9.97 Å². The highest BCUT2D eigenvalue weighted by Crippen LogP contribution is 2.31. The Morgan fingerprint density at radius 1 is 1.36 bits per heavy atom.